The molecule has 0 radical (unpaired) electrons. The largest absolute Gasteiger partial charge is 0.276 e. The molecule has 0 fully saturated rings. The van der Waals surface area contributed by atoms with Crippen LogP contribution in [0.4, 0.5) is 10.1 Å². The second kappa shape index (κ2) is 7.15. The van der Waals surface area contributed by atoms with Gasteiger partial charge in [0.05, 0.1) is 35.5 Å². The van der Waals surface area contributed by atoms with Crippen molar-refractivity contribution in [2.75, 3.05) is 4.72 Å². The predicted octanol–water partition coefficient (Wildman–Crippen LogP) is 3.01. The van der Waals surface area contributed by atoms with Crippen LogP contribution >= 0.6 is 0 Å². The third-order valence-corrected chi connectivity index (χ3v) is 6.00. The number of anilines is 1. The highest BCUT2D eigenvalue weighted by Crippen LogP contribution is 2.25. The Kier molecular flexibility index (Phi) is 5.05. The average molecular weight is 391 g/mol. The van der Waals surface area contributed by atoms with E-state index >= 15 is 0 Å². The number of aryl methyl sites for hydroxylation is 2. The molecule has 0 aliphatic rings. The van der Waals surface area contributed by atoms with Crippen LogP contribution in [0.3, 0.4) is 0 Å². The third kappa shape index (κ3) is 3.59. The first kappa shape index (κ1) is 19.1. The fourth-order valence-electron chi connectivity index (χ4n) is 2.99. The van der Waals surface area contributed by atoms with Gasteiger partial charge in [-0.25, -0.2) is 12.8 Å². The smallest absolute Gasteiger partial charge is 0.265 e. The number of hydrogen-bond acceptors (Lipinski definition) is 4. The van der Waals surface area contributed by atoms with Crippen molar-refractivity contribution < 1.29 is 12.8 Å². The lowest BCUT2D eigenvalue weighted by molar-refractivity contribution is 0.578. The van der Waals surface area contributed by atoms with E-state index in [-0.39, 0.29) is 17.3 Å². The van der Waals surface area contributed by atoms with Gasteiger partial charge in [-0.2, -0.15) is 10.2 Å². The van der Waals surface area contributed by atoms with E-state index in [1.54, 1.807) is 48.3 Å². The number of aromatic nitrogens is 4. The highest BCUT2D eigenvalue weighted by atomic mass is 32.2. The monoisotopic (exact) mass is 391 g/mol. The SMILES string of the molecule is CCn1ncc(S(=O)(=O)Nc2c(C)nn(Cc3ccccc3F)c2C)c1C. The normalized spacial score (nSPS) is 11.7. The van der Waals surface area contributed by atoms with Gasteiger partial charge in [-0.05, 0) is 33.8 Å². The van der Waals surface area contributed by atoms with E-state index in [0.29, 0.717) is 34.9 Å². The first-order valence-electron chi connectivity index (χ1n) is 8.57. The van der Waals surface area contributed by atoms with Crippen molar-refractivity contribution in [2.45, 2.75) is 45.7 Å². The summed E-state index contributed by atoms with van der Waals surface area (Å²) in [4.78, 5) is 0.130. The molecule has 3 aromatic rings. The van der Waals surface area contributed by atoms with E-state index in [9.17, 15) is 12.8 Å². The zero-order valence-electron chi connectivity index (χ0n) is 15.7. The standard InChI is InChI=1S/C18H22FN5O2S/c1-5-23-13(3)17(10-20-23)27(25,26)22-18-12(2)21-24(14(18)4)11-15-8-6-7-9-16(15)19/h6-10,22H,5,11H2,1-4H3. The van der Waals surface area contributed by atoms with Gasteiger partial charge in [-0.15, -0.1) is 0 Å². The molecule has 144 valence electrons. The van der Waals surface area contributed by atoms with Crippen LogP contribution in [0.1, 0.15) is 29.6 Å². The molecule has 9 heteroatoms. The quantitative estimate of drug-likeness (QED) is 0.700. The van der Waals surface area contributed by atoms with Crippen molar-refractivity contribution in [2.24, 2.45) is 0 Å². The van der Waals surface area contributed by atoms with Crippen LogP contribution in [0.5, 0.6) is 0 Å². The average Bonchev–Trinajstić information content (AvgIpc) is 3.12. The molecule has 2 aromatic heterocycles. The van der Waals surface area contributed by atoms with Gasteiger partial charge in [-0.3, -0.25) is 14.1 Å². The summed E-state index contributed by atoms with van der Waals surface area (Å²) in [6, 6.07) is 6.44. The highest BCUT2D eigenvalue weighted by Gasteiger charge is 2.24. The molecule has 0 bridgehead atoms. The first-order valence-corrected chi connectivity index (χ1v) is 10.1. The van der Waals surface area contributed by atoms with Gasteiger partial charge in [0.15, 0.2) is 0 Å². The zero-order valence-corrected chi connectivity index (χ0v) is 16.5. The Bertz CT molecular complexity index is 1090. The van der Waals surface area contributed by atoms with Crippen molar-refractivity contribution in [3.63, 3.8) is 0 Å². The number of benzene rings is 1. The van der Waals surface area contributed by atoms with Gasteiger partial charge < -0.3 is 0 Å². The summed E-state index contributed by atoms with van der Waals surface area (Å²) in [6.07, 6.45) is 1.34. The molecule has 0 unspecified atom stereocenters. The third-order valence-electron chi connectivity index (χ3n) is 4.54. The van der Waals surface area contributed by atoms with E-state index in [0.717, 1.165) is 0 Å². The minimum absolute atomic E-state index is 0.130. The Morgan fingerprint density at radius 3 is 2.44 bits per heavy atom. The maximum Gasteiger partial charge on any atom is 0.265 e. The number of nitrogens with zero attached hydrogens (tertiary/aromatic N) is 4. The van der Waals surface area contributed by atoms with Crippen molar-refractivity contribution in [3.8, 4) is 0 Å². The number of rotatable bonds is 6. The van der Waals surface area contributed by atoms with Crippen LogP contribution < -0.4 is 4.72 Å². The summed E-state index contributed by atoms with van der Waals surface area (Å²) in [5.74, 6) is -0.324. The van der Waals surface area contributed by atoms with Crippen LogP contribution in [0.15, 0.2) is 35.4 Å². The molecule has 0 amide bonds. The molecule has 1 N–H and O–H groups in total. The first-order chi connectivity index (χ1) is 12.7. The van der Waals surface area contributed by atoms with E-state index in [4.69, 9.17) is 0 Å². The van der Waals surface area contributed by atoms with Gasteiger partial charge in [0, 0.05) is 12.1 Å². The maximum atomic E-state index is 13.9. The summed E-state index contributed by atoms with van der Waals surface area (Å²) in [7, 11) is -3.81. The number of hydrogen-bond donors (Lipinski definition) is 1. The van der Waals surface area contributed by atoms with Crippen molar-refractivity contribution in [1.29, 1.82) is 0 Å². The number of halogens is 1. The molecule has 27 heavy (non-hydrogen) atoms. The predicted molar refractivity (Wildman–Crippen MR) is 101 cm³/mol. The van der Waals surface area contributed by atoms with Crippen molar-refractivity contribution in [1.82, 2.24) is 19.6 Å². The molecule has 0 aliphatic carbocycles. The molecule has 0 aliphatic heterocycles. The summed E-state index contributed by atoms with van der Waals surface area (Å²) < 4.78 is 45.4. The number of nitrogens with one attached hydrogen (secondary N) is 1. The molecule has 3 rings (SSSR count). The van der Waals surface area contributed by atoms with Crippen LogP contribution in [-0.2, 0) is 23.1 Å². The highest BCUT2D eigenvalue weighted by molar-refractivity contribution is 7.92. The number of sulfonamides is 1. The van der Waals surface area contributed by atoms with Gasteiger partial charge in [0.25, 0.3) is 10.0 Å². The zero-order chi connectivity index (χ0) is 19.8. The Labute approximate surface area is 157 Å². The fraction of sp³-hybridized carbons (Fsp3) is 0.333. The summed E-state index contributed by atoms with van der Waals surface area (Å²) >= 11 is 0. The molecule has 7 nitrogen and oxygen atoms in total. The van der Waals surface area contributed by atoms with Gasteiger partial charge in [0.2, 0.25) is 0 Å². The molecular formula is C18H22FN5O2S. The molecule has 0 spiro atoms. The lowest BCUT2D eigenvalue weighted by Gasteiger charge is -2.09. The lowest BCUT2D eigenvalue weighted by Crippen LogP contribution is -2.15. The lowest BCUT2D eigenvalue weighted by atomic mass is 10.2. The van der Waals surface area contributed by atoms with E-state index in [1.807, 2.05) is 6.92 Å². The van der Waals surface area contributed by atoms with Gasteiger partial charge >= 0.3 is 0 Å². The topological polar surface area (TPSA) is 81.8 Å². The minimum atomic E-state index is -3.81. The Morgan fingerprint density at radius 1 is 1.11 bits per heavy atom. The van der Waals surface area contributed by atoms with Crippen LogP contribution in [0, 0.1) is 26.6 Å². The van der Waals surface area contributed by atoms with Crippen molar-refractivity contribution in [3.05, 3.63) is 58.9 Å². The summed E-state index contributed by atoms with van der Waals surface area (Å²) in [5, 5.41) is 8.46. The van der Waals surface area contributed by atoms with Gasteiger partial charge in [-0.1, -0.05) is 18.2 Å². The maximum absolute atomic E-state index is 13.9. The molecule has 0 saturated carbocycles. The van der Waals surface area contributed by atoms with Crippen LogP contribution in [0.25, 0.3) is 0 Å². The summed E-state index contributed by atoms with van der Waals surface area (Å²) in [5.41, 5.74) is 2.58. The molecule has 0 atom stereocenters. The minimum Gasteiger partial charge on any atom is -0.276 e. The van der Waals surface area contributed by atoms with Crippen molar-refractivity contribution >= 4 is 15.7 Å². The van der Waals surface area contributed by atoms with Crippen LogP contribution in [0.2, 0.25) is 0 Å². The van der Waals surface area contributed by atoms with E-state index in [1.165, 1.54) is 12.3 Å². The van der Waals surface area contributed by atoms with Crippen LogP contribution in [-0.4, -0.2) is 28.0 Å². The molecule has 2 heterocycles. The molecule has 1 aromatic carbocycles. The molecule has 0 saturated heterocycles. The van der Waals surface area contributed by atoms with E-state index < -0.39 is 10.0 Å². The second-order valence-corrected chi connectivity index (χ2v) is 7.96. The second-order valence-electron chi connectivity index (χ2n) is 6.31. The molecular weight excluding hydrogens is 369 g/mol. The van der Waals surface area contributed by atoms with E-state index in [2.05, 4.69) is 14.9 Å². The summed E-state index contributed by atoms with van der Waals surface area (Å²) in [6.45, 7) is 7.87. The Balaban J connectivity index is 1.93. The Morgan fingerprint density at radius 2 is 1.81 bits per heavy atom. The van der Waals surface area contributed by atoms with Gasteiger partial charge in [0.1, 0.15) is 10.7 Å². The Hall–Kier alpha value is -2.68. The fourth-order valence-corrected chi connectivity index (χ4v) is 4.34.